The van der Waals surface area contributed by atoms with Gasteiger partial charge in [-0.25, -0.2) is 27.9 Å². The summed E-state index contributed by atoms with van der Waals surface area (Å²) in [6, 6.07) is 7.05. The highest BCUT2D eigenvalue weighted by atomic mass is 19.2. The number of anilines is 2. The SMILES string of the molecule is CCCN.O=C(Nc1ncc(-c2ccc(CNCc3ncc[nH]3)cc2)c(=O)[nH]1)Nc1cc(F)c(F)cc1F. The highest BCUT2D eigenvalue weighted by molar-refractivity contribution is 5.98. The maximum absolute atomic E-state index is 13.7. The molecule has 38 heavy (non-hydrogen) atoms. The van der Waals surface area contributed by atoms with E-state index < -0.39 is 34.7 Å². The van der Waals surface area contributed by atoms with Gasteiger partial charge < -0.3 is 21.4 Å². The zero-order valence-electron chi connectivity index (χ0n) is 20.4. The highest BCUT2D eigenvalue weighted by Crippen LogP contribution is 2.19. The van der Waals surface area contributed by atoms with Crippen molar-refractivity contribution in [2.75, 3.05) is 17.2 Å². The molecule has 0 saturated heterocycles. The van der Waals surface area contributed by atoms with Gasteiger partial charge in [-0.05, 0) is 24.1 Å². The van der Waals surface area contributed by atoms with Crippen LogP contribution in [0.15, 0.2) is 59.8 Å². The molecule has 10 nitrogen and oxygen atoms in total. The van der Waals surface area contributed by atoms with Crippen molar-refractivity contribution in [2.45, 2.75) is 26.4 Å². The fourth-order valence-corrected chi connectivity index (χ4v) is 3.07. The van der Waals surface area contributed by atoms with Gasteiger partial charge in [0.25, 0.3) is 5.56 Å². The van der Waals surface area contributed by atoms with E-state index >= 15 is 0 Å². The number of halogens is 3. The lowest BCUT2D eigenvalue weighted by molar-refractivity contribution is 0.262. The summed E-state index contributed by atoms with van der Waals surface area (Å²) < 4.78 is 39.9. The van der Waals surface area contributed by atoms with Gasteiger partial charge in [-0.15, -0.1) is 0 Å². The number of urea groups is 1. The van der Waals surface area contributed by atoms with Crippen LogP contribution in [0.5, 0.6) is 0 Å². The molecule has 0 fully saturated rings. The van der Waals surface area contributed by atoms with Crippen LogP contribution in [0.4, 0.5) is 29.6 Å². The third-order valence-corrected chi connectivity index (χ3v) is 5.02. The molecule has 0 atom stereocenters. The summed E-state index contributed by atoms with van der Waals surface area (Å²) in [7, 11) is 0. The number of nitrogens with two attached hydrogens (primary N) is 1. The molecule has 0 bridgehead atoms. The van der Waals surface area contributed by atoms with Crippen molar-refractivity contribution < 1.29 is 18.0 Å². The predicted molar refractivity (Wildman–Crippen MR) is 138 cm³/mol. The lowest BCUT2D eigenvalue weighted by Gasteiger charge is -2.09. The minimum atomic E-state index is -1.39. The molecular formula is C25H27F3N8O2. The Balaban J connectivity index is 0.000000934. The van der Waals surface area contributed by atoms with Crippen LogP contribution in [-0.2, 0) is 13.1 Å². The minimum absolute atomic E-state index is 0.215. The first-order valence-electron chi connectivity index (χ1n) is 11.6. The molecule has 2 aromatic heterocycles. The number of carbonyl (C=O) groups is 1. The molecule has 0 radical (unpaired) electrons. The number of H-pyrrole nitrogens is 2. The van der Waals surface area contributed by atoms with E-state index in [0.717, 1.165) is 24.4 Å². The van der Waals surface area contributed by atoms with Crippen molar-refractivity contribution in [3.05, 3.63) is 94.2 Å². The molecule has 2 heterocycles. The topological polar surface area (TPSA) is 154 Å². The quantitative estimate of drug-likeness (QED) is 0.191. The first-order chi connectivity index (χ1) is 18.3. The molecule has 0 unspecified atom stereocenters. The van der Waals surface area contributed by atoms with Crippen LogP contribution >= 0.6 is 0 Å². The average molecular weight is 529 g/mol. The average Bonchev–Trinajstić information content (AvgIpc) is 3.42. The van der Waals surface area contributed by atoms with E-state index in [0.29, 0.717) is 30.8 Å². The molecule has 0 aliphatic heterocycles. The Morgan fingerprint density at radius 1 is 1.00 bits per heavy atom. The van der Waals surface area contributed by atoms with E-state index in [-0.39, 0.29) is 11.5 Å². The molecule has 2 amide bonds. The second kappa shape index (κ2) is 13.7. The van der Waals surface area contributed by atoms with Gasteiger partial charge in [-0.2, -0.15) is 0 Å². The molecule has 4 rings (SSSR count). The number of carbonyl (C=O) groups excluding carboxylic acids is 1. The number of nitrogens with zero attached hydrogens (tertiary/aromatic N) is 2. The maximum Gasteiger partial charge on any atom is 0.326 e. The van der Waals surface area contributed by atoms with E-state index in [1.165, 1.54) is 6.20 Å². The molecule has 200 valence electrons. The van der Waals surface area contributed by atoms with Gasteiger partial charge in [-0.1, -0.05) is 31.2 Å². The van der Waals surface area contributed by atoms with Crippen molar-refractivity contribution in [3.63, 3.8) is 0 Å². The van der Waals surface area contributed by atoms with Crippen LogP contribution in [0.1, 0.15) is 24.7 Å². The summed E-state index contributed by atoms with van der Waals surface area (Å²) in [5, 5.41) is 7.46. The van der Waals surface area contributed by atoms with Crippen LogP contribution in [-0.4, -0.2) is 32.5 Å². The second-order valence-electron chi connectivity index (χ2n) is 7.92. The van der Waals surface area contributed by atoms with E-state index in [1.54, 1.807) is 24.5 Å². The molecule has 4 aromatic rings. The number of hydrogen-bond donors (Lipinski definition) is 6. The van der Waals surface area contributed by atoms with Gasteiger partial charge in [0.15, 0.2) is 11.6 Å². The normalized spacial score (nSPS) is 10.4. The third-order valence-electron chi connectivity index (χ3n) is 5.02. The number of benzene rings is 2. The minimum Gasteiger partial charge on any atom is -0.348 e. The van der Waals surface area contributed by atoms with Gasteiger partial charge in [0.2, 0.25) is 5.95 Å². The molecule has 0 aliphatic carbocycles. The fraction of sp³-hybridized carbons (Fsp3) is 0.200. The van der Waals surface area contributed by atoms with Gasteiger partial charge in [-0.3, -0.25) is 15.1 Å². The highest BCUT2D eigenvalue weighted by Gasteiger charge is 2.13. The van der Waals surface area contributed by atoms with Gasteiger partial charge in [0.1, 0.15) is 11.6 Å². The van der Waals surface area contributed by atoms with Gasteiger partial charge in [0, 0.05) is 37.3 Å². The van der Waals surface area contributed by atoms with Crippen molar-refractivity contribution in [2.24, 2.45) is 5.73 Å². The number of imidazole rings is 1. The van der Waals surface area contributed by atoms with E-state index in [9.17, 15) is 22.8 Å². The van der Waals surface area contributed by atoms with Gasteiger partial charge in [0.05, 0.1) is 17.8 Å². The Morgan fingerprint density at radius 3 is 2.34 bits per heavy atom. The fourth-order valence-electron chi connectivity index (χ4n) is 3.07. The molecule has 0 aliphatic rings. The standard InChI is InChI=1S/C22H18F3N7O2.C3H9N/c23-15-7-17(25)18(8-16(15)24)30-22(34)32-21-29-10-14(20(33)31-21)13-3-1-12(2-4-13)9-26-11-19-27-5-6-28-19;1-2-3-4/h1-8,10,26H,9,11H2,(H,27,28)(H3,29,30,31,32,33,34);2-4H2,1H3. The Morgan fingerprint density at radius 2 is 1.71 bits per heavy atom. The van der Waals surface area contributed by atoms with Crippen LogP contribution in [0, 0.1) is 17.5 Å². The summed E-state index contributed by atoms with van der Waals surface area (Å²) in [5.74, 6) is -3.26. The number of nitrogens with one attached hydrogen (secondary N) is 5. The molecule has 0 saturated carbocycles. The summed E-state index contributed by atoms with van der Waals surface area (Å²) >= 11 is 0. The molecule has 13 heteroatoms. The van der Waals surface area contributed by atoms with Crippen LogP contribution in [0.25, 0.3) is 11.1 Å². The smallest absolute Gasteiger partial charge is 0.326 e. The van der Waals surface area contributed by atoms with Crippen molar-refractivity contribution >= 4 is 17.7 Å². The Kier molecular flexibility index (Phi) is 10.1. The zero-order valence-corrected chi connectivity index (χ0v) is 20.4. The largest absolute Gasteiger partial charge is 0.348 e. The molecule has 7 N–H and O–H groups in total. The van der Waals surface area contributed by atoms with E-state index in [1.807, 2.05) is 17.4 Å². The van der Waals surface area contributed by atoms with Crippen LogP contribution in [0.3, 0.4) is 0 Å². The lowest BCUT2D eigenvalue weighted by atomic mass is 10.1. The van der Waals surface area contributed by atoms with Crippen molar-refractivity contribution in [1.82, 2.24) is 25.3 Å². The predicted octanol–water partition coefficient (Wildman–Crippen LogP) is 3.87. The summed E-state index contributed by atoms with van der Waals surface area (Å²) in [6.45, 7) is 4.06. The number of aromatic amines is 2. The van der Waals surface area contributed by atoms with E-state index in [2.05, 4.69) is 37.5 Å². The Hall–Kier alpha value is -4.49. The zero-order chi connectivity index (χ0) is 27.5. The number of amides is 2. The Bertz CT molecular complexity index is 1390. The molecule has 0 spiro atoms. The molecular weight excluding hydrogens is 501 g/mol. The number of aromatic nitrogens is 4. The first kappa shape index (κ1) is 28.1. The van der Waals surface area contributed by atoms with Crippen molar-refractivity contribution in [1.29, 1.82) is 0 Å². The summed E-state index contributed by atoms with van der Waals surface area (Å²) in [6.07, 6.45) is 5.80. The first-order valence-corrected chi connectivity index (χ1v) is 11.6. The lowest BCUT2D eigenvalue weighted by Crippen LogP contribution is -2.24. The van der Waals surface area contributed by atoms with E-state index in [4.69, 9.17) is 5.73 Å². The maximum atomic E-state index is 13.7. The molecule has 2 aromatic carbocycles. The number of hydrogen-bond acceptors (Lipinski definition) is 6. The summed E-state index contributed by atoms with van der Waals surface area (Å²) in [5.41, 5.74) is 5.82. The van der Waals surface area contributed by atoms with Crippen LogP contribution < -0.4 is 27.2 Å². The van der Waals surface area contributed by atoms with Crippen LogP contribution in [0.2, 0.25) is 0 Å². The summed E-state index contributed by atoms with van der Waals surface area (Å²) in [4.78, 5) is 38.0. The monoisotopic (exact) mass is 528 g/mol. The number of rotatable bonds is 8. The third kappa shape index (κ3) is 8.01. The Labute approximate surface area is 215 Å². The second-order valence-corrected chi connectivity index (χ2v) is 7.92. The van der Waals surface area contributed by atoms with Gasteiger partial charge >= 0.3 is 6.03 Å². The van der Waals surface area contributed by atoms with Crippen molar-refractivity contribution in [3.8, 4) is 11.1 Å².